The number of amides is 1. The highest BCUT2D eigenvalue weighted by Crippen LogP contribution is 2.40. The van der Waals surface area contributed by atoms with E-state index in [0.29, 0.717) is 17.7 Å². The van der Waals surface area contributed by atoms with Gasteiger partial charge < -0.3 is 4.90 Å². The molecule has 2 aromatic rings. The van der Waals surface area contributed by atoms with Crippen LogP contribution in [-0.2, 0) is 24.2 Å². The lowest BCUT2D eigenvalue weighted by molar-refractivity contribution is -0.139. The number of carbonyl (C=O) groups is 1. The van der Waals surface area contributed by atoms with Gasteiger partial charge >= 0.3 is 0 Å². The van der Waals surface area contributed by atoms with E-state index in [-0.39, 0.29) is 0 Å². The second-order valence-corrected chi connectivity index (χ2v) is 8.56. The monoisotopic (exact) mass is 393 g/mol. The fourth-order valence-electron chi connectivity index (χ4n) is 4.62. The molecule has 2 aliphatic rings. The summed E-state index contributed by atoms with van der Waals surface area (Å²) in [7, 11) is 0. The second kappa shape index (κ2) is 8.99. The van der Waals surface area contributed by atoms with Crippen LogP contribution in [-0.4, -0.2) is 56.8 Å². The van der Waals surface area contributed by atoms with Crippen LogP contribution < -0.4 is 0 Å². The summed E-state index contributed by atoms with van der Waals surface area (Å²) in [6.45, 7) is 6.90. The molecule has 0 bridgehead atoms. The average molecular weight is 394 g/mol. The van der Waals surface area contributed by atoms with Crippen molar-refractivity contribution in [1.82, 2.24) is 24.8 Å². The van der Waals surface area contributed by atoms with Crippen LogP contribution in [0.2, 0.25) is 0 Å². The van der Waals surface area contributed by atoms with E-state index in [1.54, 1.807) is 0 Å². The minimum Gasteiger partial charge on any atom is -0.342 e. The van der Waals surface area contributed by atoms with Crippen molar-refractivity contribution in [3.05, 3.63) is 53.9 Å². The Labute approximate surface area is 173 Å². The molecule has 4 rings (SSSR count). The van der Waals surface area contributed by atoms with E-state index in [4.69, 9.17) is 0 Å². The molecule has 0 radical (unpaired) electrons. The van der Waals surface area contributed by atoms with Crippen LogP contribution in [0.4, 0.5) is 0 Å². The van der Waals surface area contributed by atoms with Gasteiger partial charge in [0.25, 0.3) is 0 Å². The molecule has 2 aliphatic heterocycles. The second-order valence-electron chi connectivity index (χ2n) is 8.56. The fraction of sp³-hybridized carbons (Fsp3) is 0.565. The van der Waals surface area contributed by atoms with Crippen molar-refractivity contribution >= 4 is 5.91 Å². The van der Waals surface area contributed by atoms with Crippen LogP contribution in [0.3, 0.4) is 0 Å². The van der Waals surface area contributed by atoms with Crippen molar-refractivity contribution in [2.75, 3.05) is 26.2 Å². The number of rotatable bonds is 6. The number of aryl methyl sites for hydroxylation is 1. The molecule has 0 aromatic carbocycles. The molecule has 0 unspecified atom stereocenters. The number of hydrogen-bond acceptors (Lipinski definition) is 5. The van der Waals surface area contributed by atoms with Crippen molar-refractivity contribution in [3.8, 4) is 0 Å². The molecule has 6 nitrogen and oxygen atoms in total. The van der Waals surface area contributed by atoms with Gasteiger partial charge in [-0.05, 0) is 61.9 Å². The topological polar surface area (TPSA) is 62.2 Å². The third kappa shape index (κ3) is 4.99. The van der Waals surface area contributed by atoms with E-state index >= 15 is 0 Å². The number of hydrogen-bond donors (Lipinski definition) is 0. The molecule has 29 heavy (non-hydrogen) atoms. The Hall–Kier alpha value is -2.34. The van der Waals surface area contributed by atoms with E-state index in [1.165, 1.54) is 24.0 Å². The van der Waals surface area contributed by atoms with Gasteiger partial charge in [0.15, 0.2) is 0 Å². The van der Waals surface area contributed by atoms with E-state index in [9.17, 15) is 4.79 Å². The van der Waals surface area contributed by atoms with Crippen LogP contribution >= 0.6 is 0 Å². The van der Waals surface area contributed by atoms with Gasteiger partial charge in [0.1, 0.15) is 5.82 Å². The molecule has 2 fully saturated rings. The Bertz CT molecular complexity index is 800. The molecule has 0 saturated carbocycles. The molecule has 6 heteroatoms. The first-order valence-electron chi connectivity index (χ1n) is 10.8. The van der Waals surface area contributed by atoms with Gasteiger partial charge in [0.05, 0.1) is 0 Å². The third-order valence-corrected chi connectivity index (χ3v) is 6.57. The van der Waals surface area contributed by atoms with Crippen LogP contribution in [0.25, 0.3) is 0 Å². The summed E-state index contributed by atoms with van der Waals surface area (Å²) < 4.78 is 0. The maximum absolute atomic E-state index is 12.5. The fourth-order valence-corrected chi connectivity index (χ4v) is 4.62. The van der Waals surface area contributed by atoms with Crippen molar-refractivity contribution in [2.45, 2.75) is 52.0 Å². The minimum absolute atomic E-state index is 0.297. The zero-order chi connectivity index (χ0) is 20.1. The molecule has 4 heterocycles. The normalized spacial score (nSPS) is 19.6. The number of piperidine rings is 2. The Morgan fingerprint density at radius 1 is 1.03 bits per heavy atom. The Kier molecular flexibility index (Phi) is 6.19. The Morgan fingerprint density at radius 2 is 1.76 bits per heavy atom. The highest BCUT2D eigenvalue weighted by Gasteiger charge is 2.40. The van der Waals surface area contributed by atoms with Crippen LogP contribution in [0.5, 0.6) is 0 Å². The summed E-state index contributed by atoms with van der Waals surface area (Å²) in [5, 5.41) is 0. The zero-order valence-electron chi connectivity index (χ0n) is 17.4. The maximum atomic E-state index is 12.5. The van der Waals surface area contributed by atoms with Crippen molar-refractivity contribution in [2.24, 2.45) is 5.41 Å². The first-order chi connectivity index (χ1) is 14.2. The highest BCUT2D eigenvalue weighted by atomic mass is 16.2. The summed E-state index contributed by atoms with van der Waals surface area (Å²) >= 11 is 0. The number of nitrogens with zero attached hydrogens (tertiary/aromatic N) is 5. The number of carbonyl (C=O) groups excluding carboxylic acids is 1. The average Bonchev–Trinajstić information content (AvgIpc) is 2.77. The van der Waals surface area contributed by atoms with E-state index in [2.05, 4.69) is 31.7 Å². The largest absolute Gasteiger partial charge is 0.342 e. The van der Waals surface area contributed by atoms with Crippen molar-refractivity contribution in [1.29, 1.82) is 0 Å². The lowest BCUT2D eigenvalue weighted by Gasteiger charge is -2.47. The van der Waals surface area contributed by atoms with Crippen LogP contribution in [0, 0.1) is 5.41 Å². The summed E-state index contributed by atoms with van der Waals surface area (Å²) in [5.74, 6) is 1.23. The zero-order valence-corrected chi connectivity index (χ0v) is 17.4. The van der Waals surface area contributed by atoms with E-state index in [1.807, 2.05) is 36.9 Å². The first-order valence-corrected chi connectivity index (χ1v) is 10.8. The van der Waals surface area contributed by atoms with Crippen molar-refractivity contribution < 1.29 is 4.79 Å². The van der Waals surface area contributed by atoms with Gasteiger partial charge in [-0.1, -0.05) is 6.92 Å². The Morgan fingerprint density at radius 3 is 2.45 bits per heavy atom. The van der Waals surface area contributed by atoms with Crippen LogP contribution in [0.1, 0.15) is 49.6 Å². The molecule has 1 amide bonds. The maximum Gasteiger partial charge on any atom is 0.222 e. The predicted octanol–water partition coefficient (Wildman–Crippen LogP) is 2.88. The predicted molar refractivity (Wildman–Crippen MR) is 112 cm³/mol. The molecule has 2 aromatic heterocycles. The summed E-state index contributed by atoms with van der Waals surface area (Å²) in [4.78, 5) is 30.0. The third-order valence-electron chi connectivity index (χ3n) is 6.57. The highest BCUT2D eigenvalue weighted by molar-refractivity contribution is 5.77. The molecule has 2 saturated heterocycles. The standard InChI is InChI=1S/C23H31N5O/c1-2-21-25-15-20(16-26-21)17-27-13-8-23(9-14-27)7-3-22(29)28(18-23)12-6-19-4-10-24-11-5-19/h4-5,10-11,15-16H,2-3,6-9,12-14,17-18H2,1H3. The SMILES string of the molecule is CCc1ncc(CN2CCC3(CCC(=O)N(CCc4ccncc4)C3)CC2)cn1. The molecule has 154 valence electrons. The van der Waals surface area contributed by atoms with Gasteiger partial charge in [-0.2, -0.15) is 0 Å². The van der Waals surface area contributed by atoms with Gasteiger partial charge in [0.2, 0.25) is 5.91 Å². The molecule has 0 aliphatic carbocycles. The van der Waals surface area contributed by atoms with E-state index < -0.39 is 0 Å². The Balaban J connectivity index is 1.30. The smallest absolute Gasteiger partial charge is 0.222 e. The summed E-state index contributed by atoms with van der Waals surface area (Å²) in [5.41, 5.74) is 2.74. The summed E-state index contributed by atoms with van der Waals surface area (Å²) in [6, 6.07) is 4.08. The lowest BCUT2D eigenvalue weighted by Crippen LogP contribution is -2.51. The van der Waals surface area contributed by atoms with Gasteiger partial charge in [-0.3, -0.25) is 14.7 Å². The van der Waals surface area contributed by atoms with Crippen LogP contribution in [0.15, 0.2) is 36.9 Å². The first kappa shape index (κ1) is 20.0. The lowest BCUT2D eigenvalue weighted by atomic mass is 9.72. The number of likely N-dealkylation sites (tertiary alicyclic amines) is 2. The molecule has 1 spiro atoms. The van der Waals surface area contributed by atoms with Gasteiger partial charge in [-0.25, -0.2) is 9.97 Å². The molecular formula is C23H31N5O. The minimum atomic E-state index is 0.297. The number of pyridine rings is 1. The van der Waals surface area contributed by atoms with Gasteiger partial charge in [0, 0.05) is 62.8 Å². The molecule has 0 atom stereocenters. The summed E-state index contributed by atoms with van der Waals surface area (Å²) in [6.07, 6.45) is 13.4. The van der Waals surface area contributed by atoms with Gasteiger partial charge in [-0.15, -0.1) is 0 Å². The number of aromatic nitrogens is 3. The van der Waals surface area contributed by atoms with Crippen molar-refractivity contribution in [3.63, 3.8) is 0 Å². The molecular weight excluding hydrogens is 362 g/mol. The van der Waals surface area contributed by atoms with E-state index in [0.717, 1.165) is 57.8 Å². The quantitative estimate of drug-likeness (QED) is 0.755. The molecule has 0 N–H and O–H groups in total.